The Labute approximate surface area is 183 Å². The number of oxazole rings is 1. The van der Waals surface area contributed by atoms with E-state index in [0.717, 1.165) is 23.4 Å². The van der Waals surface area contributed by atoms with Crippen molar-refractivity contribution in [2.75, 3.05) is 5.32 Å². The van der Waals surface area contributed by atoms with Crippen molar-refractivity contribution in [2.45, 2.75) is 45.4 Å². The topological polar surface area (TPSA) is 80.9 Å². The lowest BCUT2D eigenvalue weighted by Gasteiger charge is -2.18. The summed E-state index contributed by atoms with van der Waals surface area (Å²) in [5.74, 6) is 1.09. The Morgan fingerprint density at radius 3 is 2.74 bits per heavy atom. The molecular formula is C25H26N4O2. The highest BCUT2D eigenvalue weighted by atomic mass is 16.4. The average molecular weight is 415 g/mol. The molecule has 0 aromatic carbocycles. The van der Waals surface area contributed by atoms with Gasteiger partial charge in [-0.2, -0.15) is 0 Å². The molecule has 158 valence electrons. The first-order valence-electron chi connectivity index (χ1n) is 10.1. The summed E-state index contributed by atoms with van der Waals surface area (Å²) in [4.78, 5) is 25.3. The SMILES string of the molecule is C=CCC(C)(C)c1cnc(/C=C/c2c#cc(NC(=O)C(C)c3cccnc3C)nc2)o1. The lowest BCUT2D eigenvalue weighted by atomic mass is 9.87. The van der Waals surface area contributed by atoms with Gasteiger partial charge in [-0.1, -0.05) is 32.1 Å². The van der Waals surface area contributed by atoms with E-state index in [4.69, 9.17) is 4.42 Å². The van der Waals surface area contributed by atoms with Crippen LogP contribution in [0.15, 0.2) is 47.8 Å². The minimum Gasteiger partial charge on any atom is -0.441 e. The van der Waals surface area contributed by atoms with E-state index in [2.05, 4.69) is 52.8 Å². The number of hydrogen-bond donors (Lipinski definition) is 1. The summed E-state index contributed by atoms with van der Waals surface area (Å²) in [6.07, 6.45) is 11.3. The fourth-order valence-corrected chi connectivity index (χ4v) is 3.10. The Bertz CT molecular complexity index is 1080. The number of nitrogens with zero attached hydrogens (tertiary/aromatic N) is 3. The van der Waals surface area contributed by atoms with E-state index in [-0.39, 0.29) is 17.2 Å². The molecule has 0 saturated heterocycles. The fraction of sp³-hybridized carbons (Fsp3) is 0.280. The molecule has 1 N–H and O–H groups in total. The summed E-state index contributed by atoms with van der Waals surface area (Å²) >= 11 is 0. The summed E-state index contributed by atoms with van der Waals surface area (Å²) in [6.45, 7) is 11.7. The molecule has 3 aromatic rings. The van der Waals surface area contributed by atoms with Crippen molar-refractivity contribution >= 4 is 23.9 Å². The highest BCUT2D eigenvalue weighted by Gasteiger charge is 2.23. The first-order valence-corrected chi connectivity index (χ1v) is 10.1. The molecule has 1 amide bonds. The second kappa shape index (κ2) is 9.40. The van der Waals surface area contributed by atoms with Gasteiger partial charge in [-0.15, -0.1) is 6.58 Å². The van der Waals surface area contributed by atoms with E-state index in [1.165, 1.54) is 0 Å². The summed E-state index contributed by atoms with van der Waals surface area (Å²) < 4.78 is 5.82. The molecule has 0 radical (unpaired) electrons. The number of nitrogens with one attached hydrogen (secondary N) is 1. The highest BCUT2D eigenvalue weighted by Crippen LogP contribution is 2.28. The molecule has 0 spiro atoms. The Hall–Kier alpha value is -3.72. The molecule has 6 nitrogen and oxygen atoms in total. The predicted molar refractivity (Wildman–Crippen MR) is 121 cm³/mol. The Morgan fingerprint density at radius 2 is 2.06 bits per heavy atom. The zero-order valence-electron chi connectivity index (χ0n) is 18.3. The minimum absolute atomic E-state index is 0.159. The van der Waals surface area contributed by atoms with Gasteiger partial charge in [0, 0.05) is 35.1 Å². The molecule has 3 heterocycles. The number of rotatable bonds is 8. The molecule has 1 unspecified atom stereocenters. The second-order valence-electron chi connectivity index (χ2n) is 7.97. The van der Waals surface area contributed by atoms with E-state index < -0.39 is 0 Å². The molecule has 0 aliphatic heterocycles. The van der Waals surface area contributed by atoms with Crippen molar-refractivity contribution < 1.29 is 9.21 Å². The second-order valence-corrected chi connectivity index (χ2v) is 7.97. The number of carbonyl (C=O) groups is 1. The van der Waals surface area contributed by atoms with Crippen molar-refractivity contribution in [1.82, 2.24) is 15.0 Å². The number of amides is 1. The van der Waals surface area contributed by atoms with Crippen molar-refractivity contribution in [2.24, 2.45) is 0 Å². The number of carbonyl (C=O) groups excluding carboxylic acids is 1. The standard InChI is InChI=1S/C25H26N4O2/c1-6-13-25(4,5)21-16-28-23(31-21)12-10-19-9-11-22(27-15-19)29-24(30)17(2)20-8-7-14-26-18(20)3/h6-8,10,12,14-17H,1,13H2,2-5H3,(H,27,29,30)/b12-10+. The van der Waals surface area contributed by atoms with E-state index in [9.17, 15) is 4.79 Å². The van der Waals surface area contributed by atoms with Crippen LogP contribution in [0, 0.1) is 19.1 Å². The smallest absolute Gasteiger partial charge is 0.233 e. The maximum atomic E-state index is 12.5. The molecule has 0 aliphatic rings. The number of anilines is 1. The number of aryl methyl sites for hydroxylation is 1. The molecule has 6 heteroatoms. The van der Waals surface area contributed by atoms with Crippen LogP contribution in [-0.4, -0.2) is 20.9 Å². The van der Waals surface area contributed by atoms with Crippen molar-refractivity contribution in [3.05, 3.63) is 84.0 Å². The van der Waals surface area contributed by atoms with Gasteiger partial charge in [0.1, 0.15) is 5.76 Å². The van der Waals surface area contributed by atoms with Crippen LogP contribution in [0.5, 0.6) is 0 Å². The zero-order valence-corrected chi connectivity index (χ0v) is 18.3. The van der Waals surface area contributed by atoms with E-state index in [1.54, 1.807) is 30.7 Å². The molecular weight excluding hydrogens is 388 g/mol. The minimum atomic E-state index is -0.354. The zero-order chi connectivity index (χ0) is 22.4. The quantitative estimate of drug-likeness (QED) is 0.516. The molecule has 3 aromatic heterocycles. The summed E-state index contributed by atoms with van der Waals surface area (Å²) in [6, 6.07) is 9.57. The Morgan fingerprint density at radius 1 is 1.26 bits per heavy atom. The lowest BCUT2D eigenvalue weighted by molar-refractivity contribution is -0.117. The molecule has 0 saturated carbocycles. The molecule has 0 aliphatic carbocycles. The van der Waals surface area contributed by atoms with Crippen molar-refractivity contribution in [3.63, 3.8) is 0 Å². The van der Waals surface area contributed by atoms with Crippen LogP contribution < -0.4 is 5.32 Å². The monoisotopic (exact) mass is 414 g/mol. The van der Waals surface area contributed by atoms with Crippen molar-refractivity contribution in [3.8, 4) is 0 Å². The van der Waals surface area contributed by atoms with Gasteiger partial charge in [0.15, 0.2) is 5.82 Å². The maximum absolute atomic E-state index is 12.5. The number of hydrogen-bond acceptors (Lipinski definition) is 5. The highest BCUT2D eigenvalue weighted by molar-refractivity contribution is 5.94. The van der Waals surface area contributed by atoms with Gasteiger partial charge in [-0.3, -0.25) is 9.78 Å². The molecule has 1 atom stereocenters. The van der Waals surface area contributed by atoms with Crippen LogP contribution in [0.3, 0.4) is 0 Å². The fourth-order valence-electron chi connectivity index (χ4n) is 3.10. The third kappa shape index (κ3) is 5.46. The van der Waals surface area contributed by atoms with Crippen LogP contribution in [0.25, 0.3) is 12.2 Å². The number of pyridine rings is 1. The van der Waals surface area contributed by atoms with Gasteiger partial charge in [0.25, 0.3) is 0 Å². The van der Waals surface area contributed by atoms with Crippen LogP contribution in [0.1, 0.15) is 61.6 Å². The average Bonchev–Trinajstić information content (AvgIpc) is 3.23. The van der Waals surface area contributed by atoms with Crippen molar-refractivity contribution in [1.29, 1.82) is 0 Å². The van der Waals surface area contributed by atoms with E-state index in [1.807, 2.05) is 32.1 Å². The van der Waals surface area contributed by atoms with Crippen LogP contribution >= 0.6 is 0 Å². The Balaban J connectivity index is 1.63. The van der Waals surface area contributed by atoms with E-state index >= 15 is 0 Å². The third-order valence-corrected chi connectivity index (χ3v) is 5.06. The summed E-state index contributed by atoms with van der Waals surface area (Å²) in [5.41, 5.74) is 2.24. The van der Waals surface area contributed by atoms with E-state index in [0.29, 0.717) is 17.3 Å². The molecule has 0 fully saturated rings. The summed E-state index contributed by atoms with van der Waals surface area (Å²) in [5, 5.41) is 2.77. The Kier molecular flexibility index (Phi) is 6.66. The van der Waals surface area contributed by atoms with Gasteiger partial charge in [0.2, 0.25) is 11.8 Å². The van der Waals surface area contributed by atoms with Crippen LogP contribution in [0.2, 0.25) is 0 Å². The third-order valence-electron chi connectivity index (χ3n) is 5.06. The van der Waals surface area contributed by atoms with Crippen LogP contribution in [0.4, 0.5) is 5.82 Å². The van der Waals surface area contributed by atoms with Gasteiger partial charge < -0.3 is 9.73 Å². The molecule has 3 rings (SSSR count). The lowest BCUT2D eigenvalue weighted by Crippen LogP contribution is -2.20. The van der Waals surface area contributed by atoms with Gasteiger partial charge >= 0.3 is 0 Å². The normalized spacial score (nSPS) is 12.4. The first kappa shape index (κ1) is 22.0. The van der Waals surface area contributed by atoms with Gasteiger partial charge in [-0.05, 0) is 44.0 Å². The first-order chi connectivity index (χ1) is 14.8. The van der Waals surface area contributed by atoms with Gasteiger partial charge in [0.05, 0.1) is 12.1 Å². The number of allylic oxidation sites excluding steroid dienone is 1. The maximum Gasteiger partial charge on any atom is 0.233 e. The van der Waals surface area contributed by atoms with Gasteiger partial charge in [-0.25, -0.2) is 9.97 Å². The predicted octanol–water partition coefficient (Wildman–Crippen LogP) is 5.14. The largest absolute Gasteiger partial charge is 0.441 e. The molecule has 31 heavy (non-hydrogen) atoms. The summed E-state index contributed by atoms with van der Waals surface area (Å²) in [7, 11) is 0. The molecule has 0 bridgehead atoms. The van der Waals surface area contributed by atoms with Crippen LogP contribution in [-0.2, 0) is 10.2 Å². The number of aromatic nitrogens is 3.